The molecule has 0 unspecified atom stereocenters. The lowest BCUT2D eigenvalue weighted by atomic mass is 10.2. The van der Waals surface area contributed by atoms with Crippen LogP contribution in [0.4, 0.5) is 5.69 Å². The van der Waals surface area contributed by atoms with E-state index in [0.29, 0.717) is 28.5 Å². The third-order valence-electron chi connectivity index (χ3n) is 3.73. The molecule has 0 aliphatic heterocycles. The number of hydrogen-bond acceptors (Lipinski definition) is 5. The highest BCUT2D eigenvalue weighted by Crippen LogP contribution is 2.25. The second-order valence-corrected chi connectivity index (χ2v) is 5.83. The van der Waals surface area contributed by atoms with Gasteiger partial charge >= 0.3 is 0 Å². The Morgan fingerprint density at radius 2 is 1.75 bits per heavy atom. The molecule has 1 aromatic heterocycles. The summed E-state index contributed by atoms with van der Waals surface area (Å²) in [6.45, 7) is 0.141. The molecule has 7 heteroatoms. The van der Waals surface area contributed by atoms with Crippen molar-refractivity contribution in [3.8, 4) is 17.2 Å². The van der Waals surface area contributed by atoms with Crippen molar-refractivity contribution in [3.05, 3.63) is 78.6 Å². The Morgan fingerprint density at radius 1 is 0.964 bits per heavy atom. The van der Waals surface area contributed by atoms with Crippen LogP contribution in [0.1, 0.15) is 16.8 Å². The minimum Gasteiger partial charge on any atom is -0.491 e. The minimum absolute atomic E-state index is 0.0979. The summed E-state index contributed by atoms with van der Waals surface area (Å²) in [5, 5.41) is 2.80. The van der Waals surface area contributed by atoms with Gasteiger partial charge in [-0.3, -0.25) is 14.6 Å². The van der Waals surface area contributed by atoms with Crippen LogP contribution >= 0.6 is 0 Å². The van der Waals surface area contributed by atoms with E-state index in [2.05, 4.69) is 10.3 Å². The molecule has 0 radical (unpaired) electrons. The quantitative estimate of drug-likeness (QED) is 0.626. The third-order valence-corrected chi connectivity index (χ3v) is 3.73. The second-order valence-electron chi connectivity index (χ2n) is 5.83. The summed E-state index contributed by atoms with van der Waals surface area (Å²) in [5.74, 6) is 0.934. The van der Waals surface area contributed by atoms with Gasteiger partial charge < -0.3 is 20.5 Å². The number of rotatable bonds is 8. The molecule has 0 saturated heterocycles. The van der Waals surface area contributed by atoms with Crippen LogP contribution < -0.4 is 20.5 Å². The van der Waals surface area contributed by atoms with E-state index in [0.717, 1.165) is 0 Å². The predicted molar refractivity (Wildman–Crippen MR) is 104 cm³/mol. The van der Waals surface area contributed by atoms with Crippen molar-refractivity contribution in [2.24, 2.45) is 5.73 Å². The molecular weight excluding hydrogens is 358 g/mol. The number of primary amides is 1. The highest BCUT2D eigenvalue weighted by molar-refractivity contribution is 6.05. The highest BCUT2D eigenvalue weighted by Gasteiger charge is 2.10. The van der Waals surface area contributed by atoms with Gasteiger partial charge in [0.05, 0.1) is 24.9 Å². The molecule has 0 spiro atoms. The van der Waals surface area contributed by atoms with Crippen molar-refractivity contribution in [2.45, 2.75) is 6.42 Å². The van der Waals surface area contributed by atoms with E-state index in [1.54, 1.807) is 73.1 Å². The highest BCUT2D eigenvalue weighted by atomic mass is 16.5. The van der Waals surface area contributed by atoms with Crippen molar-refractivity contribution in [1.82, 2.24) is 4.98 Å². The number of nitrogens with zero attached hydrogens (tertiary/aromatic N) is 1. The average molecular weight is 377 g/mol. The molecule has 142 valence electrons. The Morgan fingerprint density at radius 3 is 2.46 bits per heavy atom. The van der Waals surface area contributed by atoms with E-state index in [4.69, 9.17) is 15.2 Å². The van der Waals surface area contributed by atoms with E-state index in [9.17, 15) is 9.59 Å². The lowest BCUT2D eigenvalue weighted by Crippen LogP contribution is -2.16. The number of carbonyl (C=O) groups excluding carboxylic acids is 2. The normalized spacial score (nSPS) is 10.1. The van der Waals surface area contributed by atoms with Crippen LogP contribution in [0, 0.1) is 0 Å². The number of nitrogens with two attached hydrogens (primary N) is 1. The molecule has 2 aromatic carbocycles. The minimum atomic E-state index is -0.449. The molecule has 3 aromatic rings. The Hall–Kier alpha value is -3.87. The number of anilines is 1. The van der Waals surface area contributed by atoms with Gasteiger partial charge in [-0.25, -0.2) is 0 Å². The molecule has 3 rings (SSSR count). The number of nitrogens with one attached hydrogen (secondary N) is 1. The lowest BCUT2D eigenvalue weighted by Gasteiger charge is -2.12. The molecule has 0 atom stereocenters. The Kier molecular flexibility index (Phi) is 6.20. The molecule has 2 amide bonds. The van der Waals surface area contributed by atoms with Gasteiger partial charge in [-0.2, -0.15) is 0 Å². The van der Waals surface area contributed by atoms with E-state index in [1.807, 2.05) is 0 Å². The smallest absolute Gasteiger partial charge is 0.255 e. The first-order valence-electron chi connectivity index (χ1n) is 8.61. The Labute approximate surface area is 162 Å². The monoisotopic (exact) mass is 377 g/mol. The fraction of sp³-hybridized carbons (Fsp3) is 0.0952. The topological polar surface area (TPSA) is 104 Å². The van der Waals surface area contributed by atoms with Crippen LogP contribution in [0.2, 0.25) is 0 Å². The van der Waals surface area contributed by atoms with Crippen LogP contribution in [0.25, 0.3) is 0 Å². The first-order chi connectivity index (χ1) is 13.6. The van der Waals surface area contributed by atoms with E-state index in [1.165, 1.54) is 0 Å². The van der Waals surface area contributed by atoms with Crippen molar-refractivity contribution < 1.29 is 19.1 Å². The number of ether oxygens (including phenoxy) is 2. The van der Waals surface area contributed by atoms with E-state index < -0.39 is 5.91 Å². The zero-order chi connectivity index (χ0) is 19.8. The maximum atomic E-state index is 12.5. The van der Waals surface area contributed by atoms with Gasteiger partial charge in [0.15, 0.2) is 0 Å². The Bertz CT molecular complexity index is 943. The molecule has 28 heavy (non-hydrogen) atoms. The van der Waals surface area contributed by atoms with E-state index >= 15 is 0 Å². The summed E-state index contributed by atoms with van der Waals surface area (Å²) in [6.07, 6.45) is 3.37. The fourth-order valence-electron chi connectivity index (χ4n) is 2.37. The SMILES string of the molecule is NC(=O)CCOc1ccccc1NC(=O)c1ccc(Oc2cccnc2)cc1. The lowest BCUT2D eigenvalue weighted by molar-refractivity contribution is -0.118. The van der Waals surface area contributed by atoms with Gasteiger partial charge in [-0.1, -0.05) is 12.1 Å². The van der Waals surface area contributed by atoms with Crippen LogP contribution in [0.3, 0.4) is 0 Å². The van der Waals surface area contributed by atoms with Gasteiger partial charge in [-0.05, 0) is 48.5 Å². The molecule has 0 bridgehead atoms. The van der Waals surface area contributed by atoms with Crippen LogP contribution in [-0.2, 0) is 4.79 Å². The summed E-state index contributed by atoms with van der Waals surface area (Å²) in [7, 11) is 0. The van der Waals surface area contributed by atoms with Crippen molar-refractivity contribution >= 4 is 17.5 Å². The largest absolute Gasteiger partial charge is 0.491 e. The number of aromatic nitrogens is 1. The van der Waals surface area contributed by atoms with Crippen molar-refractivity contribution in [2.75, 3.05) is 11.9 Å². The standard InChI is InChI=1S/C21H19N3O4/c22-20(25)11-13-27-19-6-2-1-5-18(19)24-21(26)15-7-9-16(10-8-15)28-17-4-3-12-23-14-17/h1-10,12,14H,11,13H2,(H2,22,25)(H,24,26). The van der Waals surface area contributed by atoms with Gasteiger partial charge in [0.2, 0.25) is 5.91 Å². The second kappa shape index (κ2) is 9.18. The maximum absolute atomic E-state index is 12.5. The fourth-order valence-corrected chi connectivity index (χ4v) is 2.37. The van der Waals surface area contributed by atoms with Gasteiger partial charge in [0, 0.05) is 11.8 Å². The molecule has 0 fully saturated rings. The molecule has 1 heterocycles. The molecule has 0 saturated carbocycles. The van der Waals surface area contributed by atoms with Crippen molar-refractivity contribution in [1.29, 1.82) is 0 Å². The number of pyridine rings is 1. The number of amides is 2. The summed E-state index contributed by atoms with van der Waals surface area (Å²) in [5.41, 5.74) is 6.08. The molecule has 7 nitrogen and oxygen atoms in total. The van der Waals surface area contributed by atoms with Crippen LogP contribution in [-0.4, -0.2) is 23.4 Å². The average Bonchev–Trinajstić information content (AvgIpc) is 2.70. The summed E-state index contributed by atoms with van der Waals surface area (Å²) < 4.78 is 11.2. The summed E-state index contributed by atoms with van der Waals surface area (Å²) in [6, 6.07) is 17.3. The molecule has 0 aliphatic rings. The third kappa shape index (κ3) is 5.31. The molecule has 3 N–H and O–H groups in total. The molecule has 0 aliphatic carbocycles. The van der Waals surface area contributed by atoms with Gasteiger partial charge in [0.25, 0.3) is 5.91 Å². The molecular formula is C21H19N3O4. The van der Waals surface area contributed by atoms with Crippen LogP contribution in [0.5, 0.6) is 17.2 Å². The number of carbonyl (C=O) groups is 2. The number of para-hydroxylation sites is 2. The predicted octanol–water partition coefficient (Wildman–Crippen LogP) is 3.38. The zero-order valence-electron chi connectivity index (χ0n) is 15.0. The van der Waals surface area contributed by atoms with Crippen LogP contribution in [0.15, 0.2) is 73.1 Å². The van der Waals surface area contributed by atoms with Crippen molar-refractivity contribution in [3.63, 3.8) is 0 Å². The van der Waals surface area contributed by atoms with Gasteiger partial charge in [-0.15, -0.1) is 0 Å². The maximum Gasteiger partial charge on any atom is 0.255 e. The van der Waals surface area contributed by atoms with E-state index in [-0.39, 0.29) is 18.9 Å². The summed E-state index contributed by atoms with van der Waals surface area (Å²) in [4.78, 5) is 27.4. The number of benzene rings is 2. The first-order valence-corrected chi connectivity index (χ1v) is 8.61. The Balaban J connectivity index is 1.64. The summed E-state index contributed by atoms with van der Waals surface area (Å²) >= 11 is 0. The number of hydrogen-bond donors (Lipinski definition) is 2. The zero-order valence-corrected chi connectivity index (χ0v) is 15.0. The van der Waals surface area contributed by atoms with Gasteiger partial charge in [0.1, 0.15) is 17.2 Å². The first kappa shape index (κ1) is 18.9.